The van der Waals surface area contributed by atoms with Crippen molar-refractivity contribution >= 4 is 5.78 Å². The molecule has 0 heterocycles. The van der Waals surface area contributed by atoms with E-state index in [0.29, 0.717) is 5.92 Å². The molecular formula is C11H15NO. The predicted octanol–water partition coefficient (Wildman–Crippen LogP) is 2.46. The molecule has 0 aromatic rings. The molecule has 1 rings (SSSR count). The first-order valence-corrected chi connectivity index (χ1v) is 4.82. The molecule has 2 heteroatoms. The highest BCUT2D eigenvalue weighted by Gasteiger charge is 2.26. The average molecular weight is 177 g/mol. The Hall–Kier alpha value is -1.10. The zero-order valence-corrected chi connectivity index (χ0v) is 7.99. The lowest BCUT2D eigenvalue weighted by Crippen LogP contribution is -2.23. The summed E-state index contributed by atoms with van der Waals surface area (Å²) in [5.41, 5.74) is 0. The molecule has 1 aliphatic carbocycles. The molecule has 0 N–H and O–H groups in total. The Morgan fingerprint density at radius 3 is 2.77 bits per heavy atom. The molecule has 0 radical (unpaired) electrons. The van der Waals surface area contributed by atoms with Gasteiger partial charge in [-0.05, 0) is 25.7 Å². The highest BCUT2D eigenvalue weighted by Crippen LogP contribution is 2.31. The summed E-state index contributed by atoms with van der Waals surface area (Å²) in [6.45, 7) is 1.66. The van der Waals surface area contributed by atoms with E-state index in [1.807, 2.05) is 12.1 Å². The van der Waals surface area contributed by atoms with E-state index in [-0.39, 0.29) is 11.7 Å². The Labute approximate surface area is 79.2 Å². The smallest absolute Gasteiger partial charge is 0.133 e. The number of allylic oxidation sites excluding steroid dienone is 2. The normalized spacial score (nSPS) is 28.6. The van der Waals surface area contributed by atoms with Crippen LogP contribution in [0.4, 0.5) is 0 Å². The second-order valence-corrected chi connectivity index (χ2v) is 3.65. The van der Waals surface area contributed by atoms with Gasteiger partial charge in [0.25, 0.3) is 0 Å². The lowest BCUT2D eigenvalue weighted by molar-refractivity contribution is -0.122. The van der Waals surface area contributed by atoms with Crippen LogP contribution in [0.1, 0.15) is 32.6 Å². The van der Waals surface area contributed by atoms with Gasteiger partial charge in [0.05, 0.1) is 6.07 Å². The van der Waals surface area contributed by atoms with Crippen LogP contribution in [0.25, 0.3) is 0 Å². The van der Waals surface area contributed by atoms with Crippen LogP contribution in [0.2, 0.25) is 0 Å². The van der Waals surface area contributed by atoms with Crippen LogP contribution >= 0.6 is 0 Å². The van der Waals surface area contributed by atoms with E-state index >= 15 is 0 Å². The third kappa shape index (κ3) is 2.69. The second-order valence-electron chi connectivity index (χ2n) is 3.65. The summed E-state index contributed by atoms with van der Waals surface area (Å²) in [5, 5.41) is 8.40. The van der Waals surface area contributed by atoms with Gasteiger partial charge in [-0.1, -0.05) is 18.9 Å². The van der Waals surface area contributed by atoms with Crippen LogP contribution in [0.3, 0.4) is 0 Å². The van der Waals surface area contributed by atoms with Gasteiger partial charge in [0.2, 0.25) is 0 Å². The topological polar surface area (TPSA) is 40.9 Å². The number of rotatable bonds is 2. The van der Waals surface area contributed by atoms with Crippen LogP contribution in [0, 0.1) is 23.2 Å². The third-order valence-electron chi connectivity index (χ3n) is 2.76. The Balaban J connectivity index is 2.63. The van der Waals surface area contributed by atoms with Crippen molar-refractivity contribution in [3.8, 4) is 6.07 Å². The van der Waals surface area contributed by atoms with Crippen molar-refractivity contribution in [1.29, 1.82) is 5.26 Å². The van der Waals surface area contributed by atoms with Crippen molar-refractivity contribution in [2.45, 2.75) is 32.6 Å². The molecule has 0 aromatic heterocycles. The maximum absolute atomic E-state index is 11.3. The maximum atomic E-state index is 11.3. The SMILES string of the molecule is CC(=O)C1CCCCC1/C=C/C#N. The fraction of sp³-hybridized carbons (Fsp3) is 0.636. The molecule has 0 aromatic carbocycles. The minimum Gasteiger partial charge on any atom is -0.300 e. The number of nitrogens with zero attached hydrogens (tertiary/aromatic N) is 1. The first kappa shape index (κ1) is 9.98. The molecule has 0 amide bonds. The van der Waals surface area contributed by atoms with Crippen molar-refractivity contribution in [3.63, 3.8) is 0 Å². The van der Waals surface area contributed by atoms with E-state index in [2.05, 4.69) is 0 Å². The Bertz CT molecular complexity index is 249. The predicted molar refractivity (Wildman–Crippen MR) is 50.9 cm³/mol. The monoisotopic (exact) mass is 177 g/mol. The molecule has 0 saturated heterocycles. The average Bonchev–Trinajstić information content (AvgIpc) is 2.15. The van der Waals surface area contributed by atoms with E-state index in [1.165, 1.54) is 12.5 Å². The zero-order valence-electron chi connectivity index (χ0n) is 7.99. The fourth-order valence-electron chi connectivity index (χ4n) is 2.06. The lowest BCUT2D eigenvalue weighted by atomic mass is 9.77. The van der Waals surface area contributed by atoms with Gasteiger partial charge >= 0.3 is 0 Å². The minimum absolute atomic E-state index is 0.165. The summed E-state index contributed by atoms with van der Waals surface area (Å²) in [6.07, 6.45) is 7.79. The molecule has 0 bridgehead atoms. The van der Waals surface area contributed by atoms with Crippen molar-refractivity contribution in [2.75, 3.05) is 0 Å². The Morgan fingerprint density at radius 1 is 1.46 bits per heavy atom. The lowest BCUT2D eigenvalue weighted by Gasteiger charge is -2.26. The summed E-state index contributed by atoms with van der Waals surface area (Å²) in [6, 6.07) is 1.98. The van der Waals surface area contributed by atoms with Crippen LogP contribution in [0.15, 0.2) is 12.2 Å². The quantitative estimate of drug-likeness (QED) is 0.608. The van der Waals surface area contributed by atoms with Gasteiger partial charge in [-0.3, -0.25) is 4.79 Å². The highest BCUT2D eigenvalue weighted by molar-refractivity contribution is 5.78. The van der Waals surface area contributed by atoms with Crippen molar-refractivity contribution in [3.05, 3.63) is 12.2 Å². The number of hydrogen-bond donors (Lipinski definition) is 0. The van der Waals surface area contributed by atoms with Gasteiger partial charge < -0.3 is 0 Å². The van der Waals surface area contributed by atoms with Crippen molar-refractivity contribution in [2.24, 2.45) is 11.8 Å². The number of Topliss-reactive ketones (excluding diaryl/α,β-unsaturated/α-hetero) is 1. The minimum atomic E-state index is 0.165. The first-order chi connectivity index (χ1) is 6.25. The summed E-state index contributed by atoms with van der Waals surface area (Å²) in [4.78, 5) is 11.3. The maximum Gasteiger partial charge on any atom is 0.133 e. The number of carbonyl (C=O) groups excluding carboxylic acids is 1. The molecule has 1 fully saturated rings. The molecule has 1 saturated carbocycles. The van der Waals surface area contributed by atoms with Gasteiger partial charge in [-0.25, -0.2) is 0 Å². The third-order valence-corrected chi connectivity index (χ3v) is 2.76. The van der Waals surface area contributed by atoms with Gasteiger partial charge in [-0.2, -0.15) is 5.26 Å². The van der Waals surface area contributed by atoms with Crippen LogP contribution in [-0.4, -0.2) is 5.78 Å². The molecule has 13 heavy (non-hydrogen) atoms. The number of nitriles is 1. The van der Waals surface area contributed by atoms with E-state index in [1.54, 1.807) is 6.92 Å². The summed E-state index contributed by atoms with van der Waals surface area (Å²) in [5.74, 6) is 0.747. The molecule has 0 aliphatic heterocycles. The number of hydrogen-bond acceptors (Lipinski definition) is 2. The standard InChI is InChI=1S/C11H15NO/c1-9(13)11-7-3-2-5-10(11)6-4-8-12/h4,6,10-11H,2-3,5,7H2,1H3/b6-4+. The second kappa shape index (κ2) is 4.81. The largest absolute Gasteiger partial charge is 0.300 e. The van der Waals surface area contributed by atoms with Gasteiger partial charge in [0.15, 0.2) is 0 Å². The molecule has 70 valence electrons. The molecule has 0 spiro atoms. The molecule has 2 nitrogen and oxygen atoms in total. The molecular weight excluding hydrogens is 162 g/mol. The Kier molecular flexibility index (Phi) is 3.70. The van der Waals surface area contributed by atoms with E-state index in [9.17, 15) is 4.79 Å². The number of carbonyl (C=O) groups is 1. The van der Waals surface area contributed by atoms with Gasteiger partial charge in [0.1, 0.15) is 5.78 Å². The first-order valence-electron chi connectivity index (χ1n) is 4.82. The van der Waals surface area contributed by atoms with E-state index < -0.39 is 0 Å². The molecule has 2 atom stereocenters. The van der Waals surface area contributed by atoms with Gasteiger partial charge in [0, 0.05) is 12.0 Å². The van der Waals surface area contributed by atoms with Crippen molar-refractivity contribution in [1.82, 2.24) is 0 Å². The van der Waals surface area contributed by atoms with Crippen LogP contribution in [-0.2, 0) is 4.79 Å². The Morgan fingerprint density at radius 2 is 2.15 bits per heavy atom. The number of ketones is 1. The summed E-state index contributed by atoms with van der Waals surface area (Å²) >= 11 is 0. The summed E-state index contributed by atoms with van der Waals surface area (Å²) < 4.78 is 0. The summed E-state index contributed by atoms with van der Waals surface area (Å²) in [7, 11) is 0. The fourth-order valence-corrected chi connectivity index (χ4v) is 2.06. The zero-order chi connectivity index (χ0) is 9.68. The van der Waals surface area contributed by atoms with Crippen LogP contribution < -0.4 is 0 Å². The highest BCUT2D eigenvalue weighted by atomic mass is 16.1. The molecule has 1 aliphatic rings. The van der Waals surface area contributed by atoms with Crippen molar-refractivity contribution < 1.29 is 4.79 Å². The molecule has 2 unspecified atom stereocenters. The van der Waals surface area contributed by atoms with Crippen LogP contribution in [0.5, 0.6) is 0 Å². The van der Waals surface area contributed by atoms with Gasteiger partial charge in [-0.15, -0.1) is 0 Å². The van der Waals surface area contributed by atoms with E-state index in [0.717, 1.165) is 19.3 Å². The van der Waals surface area contributed by atoms with E-state index in [4.69, 9.17) is 5.26 Å².